The van der Waals surface area contributed by atoms with Gasteiger partial charge >= 0.3 is 0 Å². The van der Waals surface area contributed by atoms with Gasteiger partial charge in [-0.2, -0.15) is 0 Å². The van der Waals surface area contributed by atoms with Crippen molar-refractivity contribution >= 4 is 0 Å². The van der Waals surface area contributed by atoms with E-state index in [-0.39, 0.29) is 0 Å². The highest BCUT2D eigenvalue weighted by Gasteiger charge is 2.19. The van der Waals surface area contributed by atoms with Gasteiger partial charge in [-0.05, 0) is 45.3 Å². The summed E-state index contributed by atoms with van der Waals surface area (Å²) in [6.07, 6.45) is 5.55. The molecule has 0 aromatic heterocycles. The van der Waals surface area contributed by atoms with Crippen LogP contribution < -0.4 is 5.32 Å². The maximum atomic E-state index is 3.58. The number of nitrogens with one attached hydrogen (secondary N) is 1. The fourth-order valence-corrected chi connectivity index (χ4v) is 2.38. The van der Waals surface area contributed by atoms with Crippen molar-refractivity contribution in [3.05, 3.63) is 0 Å². The van der Waals surface area contributed by atoms with Gasteiger partial charge in [-0.3, -0.25) is 0 Å². The highest BCUT2D eigenvalue weighted by atomic mass is 15.3. The smallest absolute Gasteiger partial charge is 0.0110 e. The van der Waals surface area contributed by atoms with Crippen LogP contribution in [0.1, 0.15) is 32.6 Å². The fraction of sp³-hybridized carbons (Fsp3) is 1.00. The molecule has 2 fully saturated rings. The summed E-state index contributed by atoms with van der Waals surface area (Å²) in [4.78, 5) is 5.18. The normalized spacial score (nSPS) is 23.8. The molecule has 0 amide bonds. The van der Waals surface area contributed by atoms with Gasteiger partial charge in [0, 0.05) is 32.2 Å². The van der Waals surface area contributed by atoms with E-state index in [1.807, 2.05) is 0 Å². The van der Waals surface area contributed by atoms with E-state index in [9.17, 15) is 0 Å². The number of likely N-dealkylation sites (N-methyl/N-ethyl adjacent to an activating group) is 1. The minimum atomic E-state index is 0.882. The Morgan fingerprint density at radius 2 is 1.69 bits per heavy atom. The molecule has 0 aromatic carbocycles. The summed E-state index contributed by atoms with van der Waals surface area (Å²) in [6.45, 7) is 11.1. The van der Waals surface area contributed by atoms with Gasteiger partial charge in [-0.25, -0.2) is 0 Å². The predicted molar refractivity (Wildman–Crippen MR) is 68.8 cm³/mol. The zero-order chi connectivity index (χ0) is 11.2. The van der Waals surface area contributed by atoms with E-state index < -0.39 is 0 Å². The molecular weight excluding hydrogens is 198 g/mol. The molecule has 0 unspecified atom stereocenters. The van der Waals surface area contributed by atoms with Crippen LogP contribution in [0.3, 0.4) is 0 Å². The lowest BCUT2D eigenvalue weighted by molar-refractivity contribution is 0.135. The van der Waals surface area contributed by atoms with E-state index in [0.717, 1.165) is 6.04 Å². The van der Waals surface area contributed by atoms with Gasteiger partial charge in [0.05, 0.1) is 0 Å². The minimum absolute atomic E-state index is 0.882. The first kappa shape index (κ1) is 12.3. The van der Waals surface area contributed by atoms with Crippen LogP contribution in [0.15, 0.2) is 0 Å². The van der Waals surface area contributed by atoms with Gasteiger partial charge in [-0.1, -0.05) is 6.92 Å². The predicted octanol–water partition coefficient (Wildman–Crippen LogP) is 1.16. The molecule has 0 spiro atoms. The summed E-state index contributed by atoms with van der Waals surface area (Å²) in [5.41, 5.74) is 0. The van der Waals surface area contributed by atoms with Crippen molar-refractivity contribution in [2.75, 3.05) is 45.8 Å². The molecule has 94 valence electrons. The molecule has 0 atom stereocenters. The summed E-state index contributed by atoms with van der Waals surface area (Å²) >= 11 is 0. The van der Waals surface area contributed by atoms with Crippen LogP contribution in [0.5, 0.6) is 0 Å². The van der Waals surface area contributed by atoms with E-state index >= 15 is 0 Å². The van der Waals surface area contributed by atoms with E-state index in [2.05, 4.69) is 22.0 Å². The molecule has 1 aliphatic carbocycles. The molecule has 3 nitrogen and oxygen atoms in total. The topological polar surface area (TPSA) is 18.5 Å². The number of hydrogen-bond acceptors (Lipinski definition) is 3. The van der Waals surface area contributed by atoms with Gasteiger partial charge in [0.1, 0.15) is 0 Å². The molecule has 1 aliphatic heterocycles. The minimum Gasteiger partial charge on any atom is -0.314 e. The molecule has 3 heteroatoms. The largest absolute Gasteiger partial charge is 0.314 e. The van der Waals surface area contributed by atoms with Crippen LogP contribution in [0.25, 0.3) is 0 Å². The molecule has 0 aromatic rings. The van der Waals surface area contributed by atoms with Crippen LogP contribution >= 0.6 is 0 Å². The van der Waals surface area contributed by atoms with Crippen molar-refractivity contribution in [3.63, 3.8) is 0 Å². The molecule has 1 saturated heterocycles. The number of hydrogen-bond donors (Lipinski definition) is 1. The Hall–Kier alpha value is -0.120. The standard InChI is InChI=1S/C13H27N3/c1-2-15-9-11-16(12-10-15)8-4-3-7-14-13-5-6-13/h13-14H,2-12H2,1H3. The van der Waals surface area contributed by atoms with E-state index in [4.69, 9.17) is 0 Å². The second kappa shape index (κ2) is 6.58. The molecule has 1 heterocycles. The Morgan fingerprint density at radius 3 is 2.31 bits per heavy atom. The Labute approximate surface area is 100 Å². The third kappa shape index (κ3) is 4.40. The summed E-state index contributed by atoms with van der Waals surface area (Å²) in [5, 5.41) is 3.58. The van der Waals surface area contributed by atoms with Crippen molar-refractivity contribution in [2.24, 2.45) is 0 Å². The Bertz CT molecular complexity index is 184. The van der Waals surface area contributed by atoms with Crippen LogP contribution in [0, 0.1) is 0 Å². The zero-order valence-electron chi connectivity index (χ0n) is 10.7. The second-order valence-corrected chi connectivity index (χ2v) is 5.21. The van der Waals surface area contributed by atoms with Crippen LogP contribution in [0.2, 0.25) is 0 Å². The lowest BCUT2D eigenvalue weighted by atomic mass is 10.2. The van der Waals surface area contributed by atoms with E-state index in [1.54, 1.807) is 0 Å². The Morgan fingerprint density at radius 1 is 1.00 bits per heavy atom. The van der Waals surface area contributed by atoms with Gasteiger partial charge in [0.25, 0.3) is 0 Å². The molecular formula is C13H27N3. The highest BCUT2D eigenvalue weighted by Crippen LogP contribution is 2.18. The second-order valence-electron chi connectivity index (χ2n) is 5.21. The van der Waals surface area contributed by atoms with Gasteiger partial charge in [-0.15, -0.1) is 0 Å². The fourth-order valence-electron chi connectivity index (χ4n) is 2.38. The van der Waals surface area contributed by atoms with Crippen molar-refractivity contribution < 1.29 is 0 Å². The first-order valence-corrected chi connectivity index (χ1v) is 7.06. The summed E-state index contributed by atoms with van der Waals surface area (Å²) in [7, 11) is 0. The number of rotatable bonds is 7. The summed E-state index contributed by atoms with van der Waals surface area (Å²) < 4.78 is 0. The number of piperazine rings is 1. The van der Waals surface area contributed by atoms with Gasteiger partial charge < -0.3 is 15.1 Å². The Kier molecular flexibility index (Phi) is 5.07. The molecule has 1 N–H and O–H groups in total. The average Bonchev–Trinajstić information content (AvgIpc) is 3.13. The first-order valence-electron chi connectivity index (χ1n) is 7.06. The van der Waals surface area contributed by atoms with Crippen molar-refractivity contribution in [1.82, 2.24) is 15.1 Å². The average molecular weight is 225 g/mol. The number of unbranched alkanes of at least 4 members (excludes halogenated alkanes) is 1. The van der Waals surface area contributed by atoms with Gasteiger partial charge in [0.2, 0.25) is 0 Å². The van der Waals surface area contributed by atoms with E-state index in [1.165, 1.54) is 71.5 Å². The molecule has 16 heavy (non-hydrogen) atoms. The zero-order valence-corrected chi connectivity index (χ0v) is 10.7. The quantitative estimate of drug-likeness (QED) is 0.656. The van der Waals surface area contributed by atoms with Crippen LogP contribution in [0.4, 0.5) is 0 Å². The molecule has 0 radical (unpaired) electrons. The van der Waals surface area contributed by atoms with Crippen molar-refractivity contribution in [1.29, 1.82) is 0 Å². The van der Waals surface area contributed by atoms with Gasteiger partial charge in [0.15, 0.2) is 0 Å². The van der Waals surface area contributed by atoms with Crippen molar-refractivity contribution in [3.8, 4) is 0 Å². The lowest BCUT2D eigenvalue weighted by Crippen LogP contribution is -2.46. The van der Waals surface area contributed by atoms with Crippen LogP contribution in [-0.4, -0.2) is 61.7 Å². The maximum Gasteiger partial charge on any atom is 0.0110 e. The van der Waals surface area contributed by atoms with Crippen molar-refractivity contribution in [2.45, 2.75) is 38.6 Å². The highest BCUT2D eigenvalue weighted by molar-refractivity contribution is 4.80. The third-order valence-electron chi connectivity index (χ3n) is 3.82. The van der Waals surface area contributed by atoms with Crippen LogP contribution in [-0.2, 0) is 0 Å². The molecule has 2 rings (SSSR count). The lowest BCUT2D eigenvalue weighted by Gasteiger charge is -2.33. The molecule has 1 saturated carbocycles. The molecule has 0 bridgehead atoms. The number of nitrogens with zero attached hydrogens (tertiary/aromatic N) is 2. The first-order chi connectivity index (χ1) is 7.88. The maximum absolute atomic E-state index is 3.58. The monoisotopic (exact) mass is 225 g/mol. The summed E-state index contributed by atoms with van der Waals surface area (Å²) in [5.74, 6) is 0. The van der Waals surface area contributed by atoms with E-state index in [0.29, 0.717) is 0 Å². The third-order valence-corrected chi connectivity index (χ3v) is 3.82. The summed E-state index contributed by atoms with van der Waals surface area (Å²) in [6, 6.07) is 0.882. The molecule has 2 aliphatic rings. The Balaban J connectivity index is 1.43. The SMILES string of the molecule is CCN1CCN(CCCCNC2CC2)CC1.